The molecule has 0 saturated heterocycles. The first-order chi connectivity index (χ1) is 14.6. The number of H-pyrrole nitrogens is 1. The lowest BCUT2D eigenvalue weighted by Gasteiger charge is -2.19. The number of hydrogen-bond donors (Lipinski definition) is 3. The van der Waals surface area contributed by atoms with Crippen LogP contribution in [-0.4, -0.2) is 42.4 Å². The van der Waals surface area contributed by atoms with Crippen molar-refractivity contribution in [3.63, 3.8) is 0 Å². The number of nitrogens with zero attached hydrogens (tertiary/aromatic N) is 5. The number of hydrogen-bond acceptors (Lipinski definition) is 6. The number of pyridine rings is 2. The molecule has 1 atom stereocenters. The number of halogens is 1. The Morgan fingerprint density at radius 2 is 2.20 bits per heavy atom. The lowest BCUT2D eigenvalue weighted by atomic mass is 9.91. The molecule has 0 aromatic carbocycles. The molecule has 1 amide bonds. The molecule has 0 aliphatic rings. The van der Waals surface area contributed by atoms with Crippen molar-refractivity contribution in [3.8, 4) is 11.3 Å². The Morgan fingerprint density at radius 3 is 2.87 bits per heavy atom. The first-order valence-electron chi connectivity index (χ1n) is 9.23. The van der Waals surface area contributed by atoms with Gasteiger partial charge in [-0.1, -0.05) is 6.07 Å². The number of aromatic amines is 1. The highest BCUT2D eigenvalue weighted by Gasteiger charge is 2.26. The fraction of sp³-hybridized carbons (Fsp3) is 0.150. The van der Waals surface area contributed by atoms with Gasteiger partial charge in [0.1, 0.15) is 17.3 Å². The third kappa shape index (κ3) is 4.02. The zero-order valence-electron chi connectivity index (χ0n) is 15.9. The van der Waals surface area contributed by atoms with Crippen molar-refractivity contribution in [3.05, 3.63) is 78.4 Å². The molecule has 0 aliphatic heterocycles. The van der Waals surface area contributed by atoms with Crippen molar-refractivity contribution in [1.29, 1.82) is 0 Å². The van der Waals surface area contributed by atoms with Gasteiger partial charge in [-0.05, 0) is 23.8 Å². The average molecular weight is 406 g/mol. The van der Waals surface area contributed by atoms with Gasteiger partial charge in [-0.2, -0.15) is 10.2 Å². The summed E-state index contributed by atoms with van der Waals surface area (Å²) in [4.78, 5) is 20.8. The summed E-state index contributed by atoms with van der Waals surface area (Å²) in [5.41, 5.74) is 7.18. The Hall–Kier alpha value is -4.08. The highest BCUT2D eigenvalue weighted by Crippen LogP contribution is 2.33. The molecule has 0 bridgehead atoms. The van der Waals surface area contributed by atoms with Crippen LogP contribution in [0, 0.1) is 5.82 Å². The molecule has 0 fully saturated rings. The Bertz CT molecular complexity index is 1110. The number of aromatic nitrogens is 6. The van der Waals surface area contributed by atoms with E-state index in [0.717, 1.165) is 0 Å². The fourth-order valence-corrected chi connectivity index (χ4v) is 3.21. The summed E-state index contributed by atoms with van der Waals surface area (Å²) in [6.45, 7) is 1.01. The minimum Gasteiger partial charge on any atom is -0.369 e. The van der Waals surface area contributed by atoms with Crippen molar-refractivity contribution >= 4 is 11.7 Å². The van der Waals surface area contributed by atoms with Crippen LogP contribution in [0.25, 0.3) is 11.3 Å². The molecule has 0 saturated carbocycles. The number of carbonyl (C=O) groups is 1. The van der Waals surface area contributed by atoms with Crippen LogP contribution in [0.5, 0.6) is 0 Å². The van der Waals surface area contributed by atoms with E-state index in [1.54, 1.807) is 35.4 Å². The molecule has 30 heavy (non-hydrogen) atoms. The highest BCUT2D eigenvalue weighted by molar-refractivity contribution is 5.87. The van der Waals surface area contributed by atoms with E-state index in [0.29, 0.717) is 35.6 Å². The van der Waals surface area contributed by atoms with Gasteiger partial charge in [0.15, 0.2) is 0 Å². The van der Waals surface area contributed by atoms with Crippen molar-refractivity contribution in [2.75, 3.05) is 11.9 Å². The van der Waals surface area contributed by atoms with E-state index >= 15 is 0 Å². The van der Waals surface area contributed by atoms with Crippen LogP contribution in [0.15, 0.2) is 61.4 Å². The third-order valence-corrected chi connectivity index (χ3v) is 4.58. The van der Waals surface area contributed by atoms with Gasteiger partial charge in [-0.25, -0.2) is 9.37 Å². The van der Waals surface area contributed by atoms with Crippen molar-refractivity contribution in [2.24, 2.45) is 5.73 Å². The summed E-state index contributed by atoms with van der Waals surface area (Å²) in [6.07, 6.45) is 9.66. The maximum Gasteiger partial charge on any atom is 0.229 e. The molecule has 4 heterocycles. The predicted octanol–water partition coefficient (Wildman–Crippen LogP) is 1.93. The molecule has 152 valence electrons. The first kappa shape index (κ1) is 19.2. The van der Waals surface area contributed by atoms with E-state index in [2.05, 4.69) is 30.6 Å². The van der Waals surface area contributed by atoms with Gasteiger partial charge in [-0.3, -0.25) is 19.6 Å². The molecule has 0 aliphatic carbocycles. The van der Waals surface area contributed by atoms with Crippen molar-refractivity contribution < 1.29 is 9.18 Å². The van der Waals surface area contributed by atoms with Gasteiger partial charge < -0.3 is 11.1 Å². The van der Waals surface area contributed by atoms with Gasteiger partial charge in [0.05, 0.1) is 18.7 Å². The second kappa shape index (κ2) is 8.52. The van der Waals surface area contributed by atoms with Gasteiger partial charge >= 0.3 is 0 Å². The van der Waals surface area contributed by atoms with Crippen LogP contribution in [0.2, 0.25) is 0 Å². The van der Waals surface area contributed by atoms with E-state index in [4.69, 9.17) is 5.73 Å². The summed E-state index contributed by atoms with van der Waals surface area (Å²) < 4.78 is 16.7. The molecular weight excluding hydrogens is 387 g/mol. The zero-order valence-corrected chi connectivity index (χ0v) is 15.9. The zero-order chi connectivity index (χ0) is 20.9. The molecular formula is C20H19FN8O. The molecule has 0 spiro atoms. The summed E-state index contributed by atoms with van der Waals surface area (Å²) in [7, 11) is 0. The van der Waals surface area contributed by atoms with E-state index < -0.39 is 17.6 Å². The van der Waals surface area contributed by atoms with Crippen LogP contribution >= 0.6 is 0 Å². The summed E-state index contributed by atoms with van der Waals surface area (Å²) in [5.74, 6) is -1.77. The number of rotatable bonds is 8. The molecule has 0 radical (unpaired) electrons. The van der Waals surface area contributed by atoms with Gasteiger partial charge in [0.2, 0.25) is 5.91 Å². The minimum absolute atomic E-state index is 0.114. The minimum atomic E-state index is -0.911. The van der Waals surface area contributed by atoms with Gasteiger partial charge in [0, 0.05) is 48.7 Å². The van der Waals surface area contributed by atoms with Gasteiger partial charge in [0.25, 0.3) is 0 Å². The molecule has 4 aromatic rings. The largest absolute Gasteiger partial charge is 0.369 e. The summed E-state index contributed by atoms with van der Waals surface area (Å²) >= 11 is 0. The highest BCUT2D eigenvalue weighted by atomic mass is 19.1. The molecule has 9 nitrogen and oxygen atoms in total. The number of carbonyl (C=O) groups excluding carboxylic acids is 1. The van der Waals surface area contributed by atoms with E-state index in [1.165, 1.54) is 18.5 Å². The van der Waals surface area contributed by atoms with E-state index in [-0.39, 0.29) is 5.69 Å². The van der Waals surface area contributed by atoms with Crippen LogP contribution in [-0.2, 0) is 11.3 Å². The second-order valence-electron chi connectivity index (χ2n) is 6.56. The van der Waals surface area contributed by atoms with Crippen LogP contribution in [0.3, 0.4) is 0 Å². The topological polar surface area (TPSA) is 127 Å². The lowest BCUT2D eigenvalue weighted by Crippen LogP contribution is -2.25. The molecule has 10 heteroatoms. The molecule has 4 aromatic heterocycles. The van der Waals surface area contributed by atoms with Crippen molar-refractivity contribution in [1.82, 2.24) is 29.9 Å². The monoisotopic (exact) mass is 406 g/mol. The fourth-order valence-electron chi connectivity index (χ4n) is 3.21. The summed E-state index contributed by atoms with van der Waals surface area (Å²) in [6, 6.07) is 6.52. The third-order valence-electron chi connectivity index (χ3n) is 4.58. The Balaban J connectivity index is 1.75. The molecule has 4 rings (SSSR count). The lowest BCUT2D eigenvalue weighted by molar-refractivity contribution is -0.118. The van der Waals surface area contributed by atoms with Crippen LogP contribution < -0.4 is 11.1 Å². The number of primary amides is 1. The number of nitrogens with one attached hydrogen (secondary N) is 2. The Labute approximate surface area is 171 Å². The number of amides is 1. The Kier molecular flexibility index (Phi) is 5.46. The average Bonchev–Trinajstić information content (AvgIpc) is 3.44. The number of nitrogens with two attached hydrogens (primary N) is 1. The van der Waals surface area contributed by atoms with Crippen LogP contribution in [0.1, 0.15) is 17.0 Å². The number of anilines is 1. The van der Waals surface area contributed by atoms with Crippen LogP contribution in [0.4, 0.5) is 10.2 Å². The van der Waals surface area contributed by atoms with E-state index in [9.17, 15) is 9.18 Å². The predicted molar refractivity (Wildman–Crippen MR) is 108 cm³/mol. The van der Waals surface area contributed by atoms with Crippen molar-refractivity contribution in [2.45, 2.75) is 12.5 Å². The normalized spacial score (nSPS) is 11.9. The van der Waals surface area contributed by atoms with E-state index in [1.807, 2.05) is 12.3 Å². The smallest absolute Gasteiger partial charge is 0.229 e. The quantitative estimate of drug-likeness (QED) is 0.410. The Morgan fingerprint density at radius 1 is 1.30 bits per heavy atom. The SMILES string of the molecule is NC(=O)C(c1cccnc1)c1cc(F)c(-c2cn[nH]c2)nc1NCCn1cccn1. The molecule has 1 unspecified atom stereocenters. The standard InChI is InChI=1S/C20H19FN8O/c21-16-9-15(17(19(22)30)13-3-1-4-23-10-13)20(24-6-8-29-7-2-5-27-29)28-18(16)14-11-25-26-12-14/h1-5,7,9-12,17H,6,8H2,(H2,22,30)(H,24,28)(H,25,26). The maximum atomic E-state index is 15.0. The first-order valence-corrected chi connectivity index (χ1v) is 9.23. The maximum absolute atomic E-state index is 15.0. The van der Waals surface area contributed by atoms with Gasteiger partial charge in [-0.15, -0.1) is 0 Å². The summed E-state index contributed by atoms with van der Waals surface area (Å²) in [5, 5.41) is 13.8. The second-order valence-corrected chi connectivity index (χ2v) is 6.56. The molecule has 4 N–H and O–H groups in total.